The van der Waals surface area contributed by atoms with E-state index in [2.05, 4.69) is 72.7 Å². The first-order valence-electron chi connectivity index (χ1n) is 11.4. The molecule has 1 unspecified atom stereocenters. The molecule has 1 atom stereocenters. The van der Waals surface area contributed by atoms with Crippen LogP contribution in [0, 0.1) is 13.8 Å². The third-order valence-corrected chi connectivity index (χ3v) is 6.48. The zero-order valence-corrected chi connectivity index (χ0v) is 19.5. The van der Waals surface area contributed by atoms with Crippen molar-refractivity contribution >= 4 is 11.6 Å². The molecule has 1 aliphatic heterocycles. The van der Waals surface area contributed by atoms with E-state index in [1.165, 1.54) is 11.3 Å². The maximum Gasteiger partial charge on any atom is 0.255 e. The van der Waals surface area contributed by atoms with Gasteiger partial charge in [0, 0.05) is 43.8 Å². The molecule has 0 saturated carbocycles. The highest BCUT2D eigenvalue weighted by Gasteiger charge is 2.23. The molecule has 0 bridgehead atoms. The van der Waals surface area contributed by atoms with Crippen LogP contribution in [0.4, 0.5) is 5.69 Å². The second kappa shape index (κ2) is 9.61. The quantitative estimate of drug-likeness (QED) is 0.561. The largest absolute Gasteiger partial charge is 0.378 e. The molecule has 0 radical (unpaired) electrons. The average molecular weight is 432 g/mol. The van der Waals surface area contributed by atoms with Gasteiger partial charge in [-0.2, -0.15) is 0 Å². The lowest BCUT2D eigenvalue weighted by Crippen LogP contribution is -2.37. The number of hydrogen-bond donors (Lipinski definition) is 0. The number of carbonyl (C=O) groups is 1. The molecule has 168 valence electrons. The van der Waals surface area contributed by atoms with Gasteiger partial charge >= 0.3 is 0 Å². The van der Waals surface area contributed by atoms with E-state index in [0.29, 0.717) is 6.54 Å². The second-order valence-electron chi connectivity index (χ2n) is 8.63. The van der Waals surface area contributed by atoms with Gasteiger partial charge in [-0.15, -0.1) is 0 Å². The van der Waals surface area contributed by atoms with E-state index in [9.17, 15) is 4.79 Å². The van der Waals surface area contributed by atoms with Gasteiger partial charge in [0.25, 0.3) is 5.91 Å². The molecule has 0 spiro atoms. The van der Waals surface area contributed by atoms with E-state index in [-0.39, 0.29) is 11.9 Å². The average Bonchev–Trinajstić information content (AvgIpc) is 3.13. The molecule has 1 aromatic heterocycles. The number of nitrogens with zero attached hydrogens (tertiary/aromatic N) is 3. The van der Waals surface area contributed by atoms with Gasteiger partial charge in [-0.05, 0) is 44.0 Å². The molecule has 1 amide bonds. The summed E-state index contributed by atoms with van der Waals surface area (Å²) >= 11 is 0. The number of hydrogen-bond acceptors (Lipinski definition) is 3. The normalized spacial score (nSPS) is 14.9. The van der Waals surface area contributed by atoms with Crippen molar-refractivity contribution in [1.82, 2.24) is 9.47 Å². The zero-order valence-electron chi connectivity index (χ0n) is 19.5. The van der Waals surface area contributed by atoms with E-state index in [1.807, 2.05) is 30.1 Å². The van der Waals surface area contributed by atoms with Crippen LogP contribution >= 0.6 is 0 Å². The molecule has 0 aliphatic carbocycles. The number of aromatic nitrogens is 1. The lowest BCUT2D eigenvalue weighted by molar-refractivity contribution is 0.0784. The van der Waals surface area contributed by atoms with Crippen molar-refractivity contribution in [2.75, 3.05) is 38.3 Å². The highest BCUT2D eigenvalue weighted by Crippen LogP contribution is 2.27. The standard InChI is InChI=1S/C27H33N3O2/c1-20-18-25(22(3)30(20)21(2)23-10-6-5-7-11-23)27(31)28(4)19-24-12-8-9-13-26(24)29-14-16-32-17-15-29/h5-13,18,21H,14-17,19H2,1-4H3. The molecule has 1 aliphatic rings. The van der Waals surface area contributed by atoms with Crippen LogP contribution in [0.3, 0.4) is 0 Å². The van der Waals surface area contributed by atoms with E-state index < -0.39 is 0 Å². The maximum atomic E-state index is 13.5. The predicted molar refractivity (Wildman–Crippen MR) is 129 cm³/mol. The summed E-state index contributed by atoms with van der Waals surface area (Å²) in [5.74, 6) is 0.0568. The highest BCUT2D eigenvalue weighted by atomic mass is 16.5. The number of carbonyl (C=O) groups excluding carboxylic acids is 1. The Morgan fingerprint density at radius 1 is 1.03 bits per heavy atom. The summed E-state index contributed by atoms with van der Waals surface area (Å²) in [6.07, 6.45) is 0. The molecule has 3 aromatic rings. The van der Waals surface area contributed by atoms with Crippen LogP contribution in [-0.2, 0) is 11.3 Å². The van der Waals surface area contributed by atoms with E-state index in [0.717, 1.165) is 48.8 Å². The molecule has 4 rings (SSSR count). The van der Waals surface area contributed by atoms with Crippen LogP contribution in [0.1, 0.15) is 45.8 Å². The highest BCUT2D eigenvalue weighted by molar-refractivity contribution is 5.95. The minimum Gasteiger partial charge on any atom is -0.378 e. The lowest BCUT2D eigenvalue weighted by Gasteiger charge is -2.31. The summed E-state index contributed by atoms with van der Waals surface area (Å²) in [7, 11) is 1.89. The van der Waals surface area contributed by atoms with Crippen molar-refractivity contribution in [2.24, 2.45) is 0 Å². The molecule has 5 heteroatoms. The number of amides is 1. The Hall–Kier alpha value is -3.05. The van der Waals surface area contributed by atoms with Crippen molar-refractivity contribution in [2.45, 2.75) is 33.4 Å². The summed E-state index contributed by atoms with van der Waals surface area (Å²) in [4.78, 5) is 17.6. The molecule has 0 N–H and O–H groups in total. The van der Waals surface area contributed by atoms with E-state index >= 15 is 0 Å². The Labute approximate surface area is 191 Å². The first-order chi connectivity index (χ1) is 15.5. The van der Waals surface area contributed by atoms with E-state index in [1.54, 1.807) is 0 Å². The minimum absolute atomic E-state index is 0.0568. The summed E-state index contributed by atoms with van der Waals surface area (Å²) < 4.78 is 7.77. The number of rotatable bonds is 6. The van der Waals surface area contributed by atoms with E-state index in [4.69, 9.17) is 4.74 Å². The summed E-state index contributed by atoms with van der Waals surface area (Å²) in [5.41, 5.74) is 6.48. The molecular formula is C27H33N3O2. The Morgan fingerprint density at radius 3 is 2.41 bits per heavy atom. The zero-order chi connectivity index (χ0) is 22.7. The van der Waals surface area contributed by atoms with Gasteiger partial charge in [-0.1, -0.05) is 48.5 Å². The first kappa shape index (κ1) is 22.2. The Morgan fingerprint density at radius 2 is 1.69 bits per heavy atom. The second-order valence-corrected chi connectivity index (χ2v) is 8.63. The smallest absolute Gasteiger partial charge is 0.255 e. The molecule has 32 heavy (non-hydrogen) atoms. The fourth-order valence-electron chi connectivity index (χ4n) is 4.76. The van der Waals surface area contributed by atoms with Crippen molar-refractivity contribution in [3.05, 3.63) is 88.7 Å². The molecular weight excluding hydrogens is 398 g/mol. The van der Waals surface area contributed by atoms with Gasteiger partial charge in [0.1, 0.15) is 0 Å². The Bertz CT molecular complexity index is 1070. The van der Waals surface area contributed by atoms with Gasteiger partial charge in [-0.3, -0.25) is 4.79 Å². The Balaban J connectivity index is 1.56. The van der Waals surface area contributed by atoms with Gasteiger partial charge in [0.05, 0.1) is 24.8 Å². The van der Waals surface area contributed by atoms with Crippen LogP contribution in [0.15, 0.2) is 60.7 Å². The topological polar surface area (TPSA) is 37.7 Å². The number of para-hydroxylation sites is 1. The van der Waals surface area contributed by atoms with Gasteiger partial charge in [0.15, 0.2) is 0 Å². The molecule has 5 nitrogen and oxygen atoms in total. The number of morpholine rings is 1. The third kappa shape index (κ3) is 4.44. The van der Waals surface area contributed by atoms with Crippen LogP contribution in [0.5, 0.6) is 0 Å². The van der Waals surface area contributed by atoms with Crippen molar-refractivity contribution in [1.29, 1.82) is 0 Å². The van der Waals surface area contributed by atoms with Crippen molar-refractivity contribution in [3.63, 3.8) is 0 Å². The SMILES string of the molecule is Cc1cc(C(=O)N(C)Cc2ccccc2N2CCOCC2)c(C)n1C(C)c1ccccc1. The van der Waals surface area contributed by atoms with Gasteiger partial charge in [0.2, 0.25) is 0 Å². The number of benzene rings is 2. The first-order valence-corrected chi connectivity index (χ1v) is 11.4. The number of aryl methyl sites for hydroxylation is 1. The number of anilines is 1. The summed E-state index contributed by atoms with van der Waals surface area (Å²) in [6, 6.07) is 21.0. The van der Waals surface area contributed by atoms with Crippen molar-refractivity contribution < 1.29 is 9.53 Å². The fourth-order valence-corrected chi connectivity index (χ4v) is 4.76. The van der Waals surface area contributed by atoms with Gasteiger partial charge in [-0.25, -0.2) is 0 Å². The van der Waals surface area contributed by atoms with Crippen LogP contribution in [0.2, 0.25) is 0 Å². The maximum absolute atomic E-state index is 13.5. The monoisotopic (exact) mass is 431 g/mol. The third-order valence-electron chi connectivity index (χ3n) is 6.48. The summed E-state index contributed by atoms with van der Waals surface area (Å²) in [5, 5.41) is 0. The predicted octanol–water partition coefficient (Wildman–Crippen LogP) is 4.82. The summed E-state index contributed by atoms with van der Waals surface area (Å²) in [6.45, 7) is 10.1. The molecule has 1 fully saturated rings. The number of ether oxygens (including phenoxy) is 1. The van der Waals surface area contributed by atoms with Gasteiger partial charge < -0.3 is 19.1 Å². The lowest BCUT2D eigenvalue weighted by atomic mass is 10.1. The molecule has 1 saturated heterocycles. The fraction of sp³-hybridized carbons (Fsp3) is 0.370. The van der Waals surface area contributed by atoms with Crippen LogP contribution < -0.4 is 4.90 Å². The Kier molecular flexibility index (Phi) is 6.66. The molecule has 2 aromatic carbocycles. The van der Waals surface area contributed by atoms with Crippen LogP contribution in [0.25, 0.3) is 0 Å². The molecule has 2 heterocycles. The minimum atomic E-state index is 0.0568. The van der Waals surface area contributed by atoms with Crippen molar-refractivity contribution in [3.8, 4) is 0 Å². The van der Waals surface area contributed by atoms with Crippen LogP contribution in [-0.4, -0.2) is 48.7 Å².